The number of hydrogen-bond donors (Lipinski definition) is 1. The zero-order valence-corrected chi connectivity index (χ0v) is 16.1. The van der Waals surface area contributed by atoms with Gasteiger partial charge < -0.3 is 14.4 Å². The lowest BCUT2D eigenvalue weighted by atomic mass is 9.87. The molecule has 3 heterocycles. The first-order chi connectivity index (χ1) is 14.7. The first-order valence-corrected chi connectivity index (χ1v) is 9.71. The fourth-order valence-corrected chi connectivity index (χ4v) is 4.42. The van der Waals surface area contributed by atoms with Gasteiger partial charge >= 0.3 is 12.1 Å². The van der Waals surface area contributed by atoms with Crippen molar-refractivity contribution in [2.24, 2.45) is 0 Å². The quantitative estimate of drug-likeness (QED) is 0.659. The van der Waals surface area contributed by atoms with Crippen LogP contribution in [0.25, 0.3) is 22.4 Å². The second kappa shape index (κ2) is 6.73. The van der Waals surface area contributed by atoms with Gasteiger partial charge in [0.2, 0.25) is 0 Å². The maximum absolute atomic E-state index is 13.3. The van der Waals surface area contributed by atoms with Gasteiger partial charge in [0.15, 0.2) is 5.43 Å². The fraction of sp³-hybridized carbons (Fsp3) is 0.217. The number of pyridine rings is 1. The summed E-state index contributed by atoms with van der Waals surface area (Å²) in [6.45, 7) is 0.931. The molecule has 2 aliphatic rings. The molecule has 0 bridgehead atoms. The number of aromatic nitrogens is 1. The summed E-state index contributed by atoms with van der Waals surface area (Å²) in [6, 6.07) is 8.11. The van der Waals surface area contributed by atoms with Crippen molar-refractivity contribution < 1.29 is 27.8 Å². The molecule has 0 amide bonds. The van der Waals surface area contributed by atoms with E-state index in [-0.39, 0.29) is 5.56 Å². The van der Waals surface area contributed by atoms with Crippen LogP contribution in [0.3, 0.4) is 0 Å². The predicted octanol–water partition coefficient (Wildman–Crippen LogP) is 4.39. The van der Waals surface area contributed by atoms with Crippen molar-refractivity contribution in [2.75, 3.05) is 6.61 Å². The Kier molecular flexibility index (Phi) is 4.22. The second-order valence-electron chi connectivity index (χ2n) is 7.62. The van der Waals surface area contributed by atoms with Gasteiger partial charge in [-0.3, -0.25) is 4.79 Å². The first kappa shape index (κ1) is 19.4. The van der Waals surface area contributed by atoms with Crippen molar-refractivity contribution in [1.29, 1.82) is 0 Å². The van der Waals surface area contributed by atoms with Crippen LogP contribution in [0.1, 0.15) is 27.0 Å². The van der Waals surface area contributed by atoms with Crippen molar-refractivity contribution in [3.05, 3.63) is 75.1 Å². The van der Waals surface area contributed by atoms with Crippen LogP contribution in [0.15, 0.2) is 47.4 Å². The summed E-state index contributed by atoms with van der Waals surface area (Å²) in [5.74, 6) is -0.714. The Hall–Kier alpha value is -3.55. The normalized spacial score (nSPS) is 14.4. The van der Waals surface area contributed by atoms with Gasteiger partial charge in [0.1, 0.15) is 11.3 Å². The molecule has 0 unspecified atom stereocenters. The summed E-state index contributed by atoms with van der Waals surface area (Å²) in [6.07, 6.45) is -1.90. The van der Waals surface area contributed by atoms with Crippen molar-refractivity contribution in [2.45, 2.75) is 25.6 Å². The highest BCUT2D eigenvalue weighted by Gasteiger charge is 2.32. The first-order valence-electron chi connectivity index (χ1n) is 9.71. The standard InChI is InChI=1S/C23H16F3NO4/c24-23(25,26)13-3-1-2-12(8-13)16-9-17-14(15-5-7-31-21(15)16)4-6-27-11-18(22(29)30)20(28)10-19(17)27/h1-3,8-11H,4-7H2,(H,29,30). The van der Waals surface area contributed by atoms with Crippen molar-refractivity contribution in [3.8, 4) is 28.1 Å². The molecular formula is C23H16F3NO4. The topological polar surface area (TPSA) is 68.5 Å². The van der Waals surface area contributed by atoms with Gasteiger partial charge in [-0.1, -0.05) is 12.1 Å². The molecule has 0 atom stereocenters. The van der Waals surface area contributed by atoms with E-state index in [0.717, 1.165) is 28.8 Å². The molecule has 0 spiro atoms. The smallest absolute Gasteiger partial charge is 0.416 e. The summed E-state index contributed by atoms with van der Waals surface area (Å²) < 4.78 is 47.3. The molecule has 5 nitrogen and oxygen atoms in total. The molecule has 158 valence electrons. The molecule has 2 aliphatic heterocycles. The van der Waals surface area contributed by atoms with Crippen LogP contribution in [-0.2, 0) is 25.6 Å². The Bertz CT molecular complexity index is 1310. The highest BCUT2D eigenvalue weighted by atomic mass is 19.4. The number of carboxylic acid groups (broad SMARTS) is 1. The minimum Gasteiger partial charge on any atom is -0.492 e. The molecule has 2 aromatic carbocycles. The highest BCUT2D eigenvalue weighted by molar-refractivity contribution is 5.88. The molecule has 0 radical (unpaired) electrons. The number of hydrogen-bond acceptors (Lipinski definition) is 3. The SMILES string of the molecule is O=C(O)c1cn2c(cc1=O)-c1cc(-c3cccc(C(F)(F)F)c3)c3c(c1CC2)CCO3. The van der Waals surface area contributed by atoms with Crippen LogP contribution in [0, 0.1) is 0 Å². The molecule has 3 aromatic rings. The van der Waals surface area contributed by atoms with Gasteiger partial charge in [0.25, 0.3) is 0 Å². The van der Waals surface area contributed by atoms with Crippen LogP contribution in [-0.4, -0.2) is 22.2 Å². The van der Waals surface area contributed by atoms with Gasteiger partial charge in [-0.25, -0.2) is 4.79 Å². The Morgan fingerprint density at radius 1 is 1.06 bits per heavy atom. The Balaban J connectivity index is 1.75. The third kappa shape index (κ3) is 3.10. The summed E-state index contributed by atoms with van der Waals surface area (Å²) in [4.78, 5) is 23.7. The van der Waals surface area contributed by atoms with E-state index < -0.39 is 23.1 Å². The number of alkyl halides is 3. The second-order valence-corrected chi connectivity index (χ2v) is 7.62. The molecule has 0 saturated heterocycles. The highest BCUT2D eigenvalue weighted by Crippen LogP contribution is 2.46. The Morgan fingerprint density at radius 2 is 1.87 bits per heavy atom. The summed E-state index contributed by atoms with van der Waals surface area (Å²) in [7, 11) is 0. The average Bonchev–Trinajstić information content (AvgIpc) is 3.22. The van der Waals surface area contributed by atoms with E-state index in [2.05, 4.69) is 0 Å². The van der Waals surface area contributed by atoms with E-state index in [1.54, 1.807) is 16.7 Å². The lowest BCUT2D eigenvalue weighted by Crippen LogP contribution is -2.22. The number of rotatable bonds is 2. The number of ether oxygens (including phenoxy) is 1. The number of nitrogens with zero attached hydrogens (tertiary/aromatic N) is 1. The van der Waals surface area contributed by atoms with Gasteiger partial charge in [-0.05, 0) is 35.7 Å². The lowest BCUT2D eigenvalue weighted by Gasteiger charge is -2.26. The third-order valence-corrected chi connectivity index (χ3v) is 5.83. The van der Waals surface area contributed by atoms with E-state index in [1.165, 1.54) is 18.3 Å². The zero-order valence-electron chi connectivity index (χ0n) is 16.1. The van der Waals surface area contributed by atoms with E-state index in [9.17, 15) is 27.9 Å². The maximum Gasteiger partial charge on any atom is 0.416 e. The van der Waals surface area contributed by atoms with Crippen molar-refractivity contribution >= 4 is 5.97 Å². The van der Waals surface area contributed by atoms with Gasteiger partial charge in [-0.2, -0.15) is 13.2 Å². The molecule has 31 heavy (non-hydrogen) atoms. The van der Waals surface area contributed by atoms with E-state index in [4.69, 9.17) is 4.74 Å². The van der Waals surface area contributed by atoms with Crippen LogP contribution in [0.4, 0.5) is 13.2 Å². The van der Waals surface area contributed by atoms with Crippen LogP contribution in [0.2, 0.25) is 0 Å². The zero-order chi connectivity index (χ0) is 21.9. The largest absolute Gasteiger partial charge is 0.492 e. The number of carbonyl (C=O) groups is 1. The van der Waals surface area contributed by atoms with E-state index in [0.29, 0.717) is 48.6 Å². The van der Waals surface area contributed by atoms with E-state index in [1.807, 2.05) is 0 Å². The average molecular weight is 427 g/mol. The van der Waals surface area contributed by atoms with Gasteiger partial charge in [0.05, 0.1) is 17.9 Å². The summed E-state index contributed by atoms with van der Waals surface area (Å²) in [5, 5.41) is 9.25. The summed E-state index contributed by atoms with van der Waals surface area (Å²) >= 11 is 0. The van der Waals surface area contributed by atoms with E-state index >= 15 is 0 Å². The minimum absolute atomic E-state index is 0.310. The van der Waals surface area contributed by atoms with Crippen LogP contribution >= 0.6 is 0 Å². The molecule has 0 saturated carbocycles. The number of halogens is 3. The number of fused-ring (bicyclic) bond motifs is 5. The molecule has 0 fully saturated rings. The molecule has 8 heteroatoms. The van der Waals surface area contributed by atoms with Crippen LogP contribution in [0.5, 0.6) is 5.75 Å². The molecule has 1 N–H and O–H groups in total. The van der Waals surface area contributed by atoms with Crippen molar-refractivity contribution in [1.82, 2.24) is 4.57 Å². The molecule has 1 aromatic heterocycles. The Morgan fingerprint density at radius 3 is 2.61 bits per heavy atom. The fourth-order valence-electron chi connectivity index (χ4n) is 4.42. The summed E-state index contributed by atoms with van der Waals surface area (Å²) in [5.41, 5.74) is 2.43. The van der Waals surface area contributed by atoms with Gasteiger partial charge in [0, 0.05) is 41.9 Å². The number of aryl methyl sites for hydroxylation is 1. The minimum atomic E-state index is -4.47. The third-order valence-electron chi connectivity index (χ3n) is 5.83. The number of aromatic carboxylic acids is 1. The van der Waals surface area contributed by atoms with Crippen molar-refractivity contribution in [3.63, 3.8) is 0 Å². The maximum atomic E-state index is 13.3. The van der Waals surface area contributed by atoms with Crippen LogP contribution < -0.4 is 10.2 Å². The molecule has 5 rings (SSSR count). The lowest BCUT2D eigenvalue weighted by molar-refractivity contribution is -0.137. The van der Waals surface area contributed by atoms with Gasteiger partial charge in [-0.15, -0.1) is 0 Å². The molecular weight excluding hydrogens is 411 g/mol. The Labute approximate surface area is 174 Å². The monoisotopic (exact) mass is 427 g/mol. The number of benzene rings is 2. The molecule has 0 aliphatic carbocycles. The predicted molar refractivity (Wildman–Crippen MR) is 106 cm³/mol. The number of carboxylic acids is 1.